The first-order valence-electron chi connectivity index (χ1n) is 3.53. The van der Waals surface area contributed by atoms with Crippen LogP contribution < -0.4 is 10.6 Å². The molecule has 0 atom stereocenters. The Balaban J connectivity index is 3.19. The second kappa shape index (κ2) is 3.38. The molecule has 1 aromatic rings. The first-order valence-corrected chi connectivity index (χ1v) is 3.53. The predicted octanol–water partition coefficient (Wildman–Crippen LogP) is 2.05. The Hall–Kier alpha value is -1.32. The largest absolute Gasteiger partial charge is 0.386 e. The lowest BCUT2D eigenvalue weighted by Crippen LogP contribution is -1.99. The predicted molar refractivity (Wildman–Crippen MR) is 45.5 cm³/mol. The van der Waals surface area contributed by atoms with Crippen molar-refractivity contribution in [2.75, 3.05) is 24.7 Å². The average Bonchev–Trinajstić information content (AvgIpc) is 2.09. The first-order chi connectivity index (χ1) is 5.69. The maximum absolute atomic E-state index is 12.6. The third kappa shape index (κ3) is 1.47. The molecule has 0 unspecified atom stereocenters. The van der Waals surface area contributed by atoms with Gasteiger partial charge in [-0.05, 0) is 0 Å². The van der Waals surface area contributed by atoms with Crippen LogP contribution >= 0.6 is 0 Å². The summed E-state index contributed by atoms with van der Waals surface area (Å²) in [5.74, 6) is -1.70. The lowest BCUT2D eigenvalue weighted by atomic mass is 10.2. The van der Waals surface area contributed by atoms with Gasteiger partial charge in [0.2, 0.25) is 0 Å². The van der Waals surface area contributed by atoms with Crippen LogP contribution in [0.3, 0.4) is 0 Å². The fourth-order valence-corrected chi connectivity index (χ4v) is 0.961. The fraction of sp³-hybridized carbons (Fsp3) is 0.250. The molecule has 0 saturated carbocycles. The van der Waals surface area contributed by atoms with Gasteiger partial charge in [0.25, 0.3) is 0 Å². The zero-order valence-electron chi connectivity index (χ0n) is 6.91. The summed E-state index contributed by atoms with van der Waals surface area (Å²) in [5.41, 5.74) is 1.08. The highest BCUT2D eigenvalue weighted by molar-refractivity contribution is 5.68. The lowest BCUT2D eigenvalue weighted by Gasteiger charge is -2.08. The van der Waals surface area contributed by atoms with Crippen molar-refractivity contribution >= 4 is 11.4 Å². The molecule has 0 aromatic heterocycles. The Labute approximate surface area is 69.6 Å². The van der Waals surface area contributed by atoms with Crippen molar-refractivity contribution in [1.29, 1.82) is 0 Å². The molecule has 1 rings (SSSR count). The molecule has 4 heteroatoms. The molecule has 0 spiro atoms. The van der Waals surface area contributed by atoms with E-state index in [1.165, 1.54) is 0 Å². The van der Waals surface area contributed by atoms with Crippen LogP contribution in [-0.2, 0) is 0 Å². The van der Waals surface area contributed by atoms with Crippen LogP contribution in [0.25, 0.3) is 0 Å². The molecule has 2 nitrogen and oxygen atoms in total. The fourth-order valence-electron chi connectivity index (χ4n) is 0.961. The van der Waals surface area contributed by atoms with Crippen molar-refractivity contribution in [3.05, 3.63) is 23.8 Å². The van der Waals surface area contributed by atoms with Crippen LogP contribution in [0.5, 0.6) is 0 Å². The van der Waals surface area contributed by atoms with Gasteiger partial charge >= 0.3 is 0 Å². The number of benzene rings is 1. The summed E-state index contributed by atoms with van der Waals surface area (Å²) in [6.45, 7) is 0. The Morgan fingerprint density at radius 1 is 0.917 bits per heavy atom. The quantitative estimate of drug-likeness (QED) is 0.713. The van der Waals surface area contributed by atoms with Crippen LogP contribution in [0.2, 0.25) is 0 Å². The molecule has 0 amide bonds. The van der Waals surface area contributed by atoms with Crippen LogP contribution in [-0.4, -0.2) is 14.1 Å². The number of rotatable bonds is 2. The van der Waals surface area contributed by atoms with Crippen molar-refractivity contribution in [3.8, 4) is 0 Å². The van der Waals surface area contributed by atoms with Gasteiger partial charge in [-0.2, -0.15) is 0 Å². The summed E-state index contributed by atoms with van der Waals surface area (Å²) in [7, 11) is 3.29. The Bertz CT molecular complexity index is 258. The van der Waals surface area contributed by atoms with Gasteiger partial charge < -0.3 is 10.6 Å². The minimum Gasteiger partial charge on any atom is -0.386 e. The second-order valence-electron chi connectivity index (χ2n) is 2.31. The summed E-state index contributed by atoms with van der Waals surface area (Å²) in [6, 6.07) is 2.22. The number of anilines is 2. The minimum absolute atomic E-state index is 0.538. The van der Waals surface area contributed by atoms with Crippen molar-refractivity contribution < 1.29 is 8.78 Å². The van der Waals surface area contributed by atoms with E-state index in [0.717, 1.165) is 12.1 Å². The zero-order valence-corrected chi connectivity index (χ0v) is 6.91. The molecule has 0 saturated heterocycles. The summed E-state index contributed by atoms with van der Waals surface area (Å²) < 4.78 is 25.3. The van der Waals surface area contributed by atoms with Crippen LogP contribution in [0.15, 0.2) is 12.1 Å². The maximum Gasteiger partial charge on any atom is 0.161 e. The summed E-state index contributed by atoms with van der Waals surface area (Å²) in [5, 5.41) is 5.49. The van der Waals surface area contributed by atoms with Gasteiger partial charge in [0.15, 0.2) is 11.6 Å². The van der Waals surface area contributed by atoms with Crippen LogP contribution in [0, 0.1) is 11.6 Å². The molecule has 0 heterocycles. The van der Waals surface area contributed by atoms with Gasteiger partial charge in [0, 0.05) is 26.2 Å². The van der Waals surface area contributed by atoms with Crippen molar-refractivity contribution in [3.63, 3.8) is 0 Å². The Kier molecular flexibility index (Phi) is 2.47. The molecule has 2 N–H and O–H groups in total. The number of nitrogens with one attached hydrogen (secondary N) is 2. The molecule has 0 bridgehead atoms. The van der Waals surface area contributed by atoms with Crippen molar-refractivity contribution in [2.45, 2.75) is 0 Å². The topological polar surface area (TPSA) is 24.1 Å². The second-order valence-corrected chi connectivity index (χ2v) is 2.31. The molecule has 12 heavy (non-hydrogen) atoms. The smallest absolute Gasteiger partial charge is 0.161 e. The molecular weight excluding hydrogens is 162 g/mol. The van der Waals surface area contributed by atoms with Crippen LogP contribution in [0.1, 0.15) is 0 Å². The third-order valence-corrected chi connectivity index (χ3v) is 1.60. The van der Waals surface area contributed by atoms with E-state index < -0.39 is 11.6 Å². The summed E-state index contributed by atoms with van der Waals surface area (Å²) in [6.07, 6.45) is 0. The average molecular weight is 172 g/mol. The SMILES string of the molecule is CNc1cc(F)c(F)cc1NC. The molecule has 66 valence electrons. The number of hydrogen-bond acceptors (Lipinski definition) is 2. The maximum atomic E-state index is 12.6. The van der Waals surface area contributed by atoms with E-state index in [2.05, 4.69) is 10.6 Å². The monoisotopic (exact) mass is 172 g/mol. The van der Waals surface area contributed by atoms with Gasteiger partial charge in [-0.1, -0.05) is 0 Å². The lowest BCUT2D eigenvalue weighted by molar-refractivity contribution is 0.509. The van der Waals surface area contributed by atoms with Gasteiger partial charge in [-0.3, -0.25) is 0 Å². The molecular formula is C8H10F2N2. The van der Waals surface area contributed by atoms with E-state index in [0.29, 0.717) is 11.4 Å². The highest BCUT2D eigenvalue weighted by Gasteiger charge is 2.06. The molecule has 0 aliphatic rings. The molecule has 1 aromatic carbocycles. The van der Waals surface area contributed by atoms with Gasteiger partial charge in [-0.25, -0.2) is 8.78 Å². The van der Waals surface area contributed by atoms with Crippen LogP contribution in [0.4, 0.5) is 20.2 Å². The van der Waals surface area contributed by atoms with Gasteiger partial charge in [-0.15, -0.1) is 0 Å². The number of halogens is 2. The Morgan fingerprint density at radius 2 is 1.25 bits per heavy atom. The van der Waals surface area contributed by atoms with E-state index in [1.54, 1.807) is 14.1 Å². The van der Waals surface area contributed by atoms with Gasteiger partial charge in [0.05, 0.1) is 11.4 Å². The summed E-state index contributed by atoms with van der Waals surface area (Å²) >= 11 is 0. The van der Waals surface area contributed by atoms with E-state index >= 15 is 0 Å². The summed E-state index contributed by atoms with van der Waals surface area (Å²) in [4.78, 5) is 0. The van der Waals surface area contributed by atoms with E-state index in [-0.39, 0.29) is 0 Å². The number of hydrogen-bond donors (Lipinski definition) is 2. The van der Waals surface area contributed by atoms with Crippen molar-refractivity contribution in [1.82, 2.24) is 0 Å². The molecule has 0 fully saturated rings. The molecule has 0 aliphatic heterocycles. The standard InChI is InChI=1S/C8H10F2N2/c1-11-7-3-5(9)6(10)4-8(7)12-2/h3-4,11-12H,1-2H3. The third-order valence-electron chi connectivity index (χ3n) is 1.60. The highest BCUT2D eigenvalue weighted by Crippen LogP contribution is 2.23. The van der Waals surface area contributed by atoms with E-state index in [4.69, 9.17) is 0 Å². The Morgan fingerprint density at radius 3 is 1.50 bits per heavy atom. The highest BCUT2D eigenvalue weighted by atomic mass is 19.2. The van der Waals surface area contributed by atoms with E-state index in [9.17, 15) is 8.78 Å². The minimum atomic E-state index is -0.849. The zero-order chi connectivity index (χ0) is 9.14. The van der Waals surface area contributed by atoms with E-state index in [1.807, 2.05) is 0 Å². The first kappa shape index (κ1) is 8.77. The normalized spacial score (nSPS) is 9.67. The van der Waals surface area contributed by atoms with Crippen molar-refractivity contribution in [2.24, 2.45) is 0 Å². The van der Waals surface area contributed by atoms with Gasteiger partial charge in [0.1, 0.15) is 0 Å². The molecule has 0 radical (unpaired) electrons. The molecule has 0 aliphatic carbocycles.